The number of hydrogen-bond acceptors (Lipinski definition) is 4. The molecule has 7 nitrogen and oxygen atoms in total. The van der Waals surface area contributed by atoms with Gasteiger partial charge in [0.1, 0.15) is 11.6 Å². The third kappa shape index (κ3) is 3.95. The number of anilines is 1. The topological polar surface area (TPSA) is 87.7 Å². The first-order valence-electron chi connectivity index (χ1n) is 13.2. The summed E-state index contributed by atoms with van der Waals surface area (Å²) in [4.78, 5) is 43.0. The zero-order valence-electron chi connectivity index (χ0n) is 21.4. The molecule has 0 radical (unpaired) electrons. The first-order chi connectivity index (χ1) is 17.2. The van der Waals surface area contributed by atoms with E-state index in [1.165, 1.54) is 6.42 Å². The molecular formula is C28H36ClN3O4. The standard InChI is InChI=1S/C28H36ClN3O4/c1-5-16(3)32-24(26(34)31-20-8-6-7-15(2)17(20)4)28-14-13-21(36-28)22(23(28)27(32)35)25(33)30-19-11-9-18(29)10-12-19/h9-17,20-24H,5-8H2,1-4H3,(H,30,33)(H,31,34)/t15-,16+,17-,20-,21-,22-,23-,24+,28+/m1/s1. The van der Waals surface area contributed by atoms with Crippen molar-refractivity contribution in [3.8, 4) is 0 Å². The van der Waals surface area contributed by atoms with Crippen LogP contribution in [0.25, 0.3) is 0 Å². The molecule has 2 bridgehead atoms. The molecule has 36 heavy (non-hydrogen) atoms. The number of amides is 3. The highest BCUT2D eigenvalue weighted by atomic mass is 35.5. The van der Waals surface area contributed by atoms with Crippen LogP contribution in [0.2, 0.25) is 5.02 Å². The van der Waals surface area contributed by atoms with E-state index in [-0.39, 0.29) is 29.8 Å². The number of hydrogen-bond donors (Lipinski definition) is 2. The number of nitrogens with zero attached hydrogens (tertiary/aromatic N) is 1. The van der Waals surface area contributed by atoms with E-state index in [0.717, 1.165) is 12.8 Å². The van der Waals surface area contributed by atoms with Gasteiger partial charge in [-0.15, -0.1) is 0 Å². The van der Waals surface area contributed by atoms with Crippen LogP contribution in [0, 0.1) is 23.7 Å². The Morgan fingerprint density at radius 2 is 1.92 bits per heavy atom. The number of fused-ring (bicyclic) bond motifs is 1. The first-order valence-corrected chi connectivity index (χ1v) is 13.6. The van der Waals surface area contributed by atoms with Crippen LogP contribution in [0.4, 0.5) is 5.69 Å². The second kappa shape index (κ2) is 9.49. The average Bonchev–Trinajstić information content (AvgIpc) is 3.50. The number of nitrogens with one attached hydrogen (secondary N) is 2. The molecule has 2 N–H and O–H groups in total. The number of halogens is 1. The molecule has 0 unspecified atom stereocenters. The van der Waals surface area contributed by atoms with E-state index < -0.39 is 29.6 Å². The molecule has 3 heterocycles. The minimum Gasteiger partial charge on any atom is -0.359 e. The molecule has 8 heteroatoms. The second-order valence-electron chi connectivity index (χ2n) is 11.1. The summed E-state index contributed by atoms with van der Waals surface area (Å²) in [6.07, 6.45) is 7.04. The summed E-state index contributed by atoms with van der Waals surface area (Å²) in [6, 6.07) is 5.96. The molecule has 3 aliphatic heterocycles. The quantitative estimate of drug-likeness (QED) is 0.559. The van der Waals surface area contributed by atoms with Crippen molar-refractivity contribution in [1.82, 2.24) is 10.2 Å². The molecule has 1 aromatic rings. The van der Waals surface area contributed by atoms with Crippen molar-refractivity contribution in [1.29, 1.82) is 0 Å². The van der Waals surface area contributed by atoms with Gasteiger partial charge in [-0.1, -0.05) is 57.4 Å². The van der Waals surface area contributed by atoms with Crippen molar-refractivity contribution < 1.29 is 19.1 Å². The maximum Gasteiger partial charge on any atom is 0.246 e. The van der Waals surface area contributed by atoms with Gasteiger partial charge in [-0.25, -0.2) is 0 Å². The maximum absolute atomic E-state index is 13.9. The van der Waals surface area contributed by atoms with E-state index in [9.17, 15) is 14.4 Å². The molecule has 4 aliphatic rings. The summed E-state index contributed by atoms with van der Waals surface area (Å²) in [7, 11) is 0. The van der Waals surface area contributed by atoms with Gasteiger partial charge < -0.3 is 20.3 Å². The van der Waals surface area contributed by atoms with Gasteiger partial charge in [0.15, 0.2) is 0 Å². The summed E-state index contributed by atoms with van der Waals surface area (Å²) >= 11 is 5.98. The number of carbonyl (C=O) groups is 3. The van der Waals surface area contributed by atoms with E-state index in [0.29, 0.717) is 29.0 Å². The normalized spacial score (nSPS) is 37.6. The molecule has 5 rings (SSSR count). The van der Waals surface area contributed by atoms with Crippen molar-refractivity contribution in [3.63, 3.8) is 0 Å². The third-order valence-electron chi connectivity index (χ3n) is 9.07. The Hall–Kier alpha value is -2.38. The Kier molecular flexibility index (Phi) is 6.66. The van der Waals surface area contributed by atoms with Crippen molar-refractivity contribution in [3.05, 3.63) is 41.4 Å². The van der Waals surface area contributed by atoms with Gasteiger partial charge in [-0.2, -0.15) is 0 Å². The van der Waals surface area contributed by atoms with Gasteiger partial charge in [0.2, 0.25) is 17.7 Å². The summed E-state index contributed by atoms with van der Waals surface area (Å²) in [5, 5.41) is 6.78. The van der Waals surface area contributed by atoms with Crippen molar-refractivity contribution in [2.24, 2.45) is 23.7 Å². The van der Waals surface area contributed by atoms with Gasteiger partial charge in [0.05, 0.1) is 17.9 Å². The lowest BCUT2D eigenvalue weighted by Gasteiger charge is -2.39. The highest BCUT2D eigenvalue weighted by Gasteiger charge is 2.73. The maximum atomic E-state index is 13.9. The van der Waals surface area contributed by atoms with Gasteiger partial charge in [-0.3, -0.25) is 14.4 Å². The predicted octanol–water partition coefficient (Wildman–Crippen LogP) is 4.17. The fourth-order valence-electron chi connectivity index (χ4n) is 6.68. The SMILES string of the molecule is CC[C@H](C)N1C(=O)[C@H]2[C@H](C(=O)Nc3ccc(Cl)cc3)[C@H]3C=C[C@@]2(O3)[C@@H]1C(=O)N[C@@H]1CCC[C@@H](C)[C@H]1C. The zero-order valence-corrected chi connectivity index (χ0v) is 22.1. The van der Waals surface area contributed by atoms with E-state index in [4.69, 9.17) is 16.3 Å². The summed E-state index contributed by atoms with van der Waals surface area (Å²) < 4.78 is 6.42. The summed E-state index contributed by atoms with van der Waals surface area (Å²) in [5.74, 6) is -1.21. The average molecular weight is 514 g/mol. The van der Waals surface area contributed by atoms with Gasteiger partial charge in [-0.05, 0) is 55.9 Å². The minimum atomic E-state index is -1.14. The van der Waals surface area contributed by atoms with Crippen LogP contribution in [0.15, 0.2) is 36.4 Å². The summed E-state index contributed by atoms with van der Waals surface area (Å²) in [6.45, 7) is 8.38. The third-order valence-corrected chi connectivity index (χ3v) is 9.33. The Morgan fingerprint density at radius 1 is 1.19 bits per heavy atom. The highest BCUT2D eigenvalue weighted by molar-refractivity contribution is 6.30. The van der Waals surface area contributed by atoms with Crippen molar-refractivity contribution in [2.75, 3.05) is 5.32 Å². The summed E-state index contributed by atoms with van der Waals surface area (Å²) in [5.41, 5.74) is -0.537. The monoisotopic (exact) mass is 513 g/mol. The molecule has 3 amide bonds. The van der Waals surface area contributed by atoms with E-state index in [2.05, 4.69) is 24.5 Å². The Labute approximate surface area is 218 Å². The number of benzene rings is 1. The van der Waals surface area contributed by atoms with Crippen LogP contribution in [0.1, 0.15) is 53.4 Å². The van der Waals surface area contributed by atoms with E-state index >= 15 is 0 Å². The highest BCUT2D eigenvalue weighted by Crippen LogP contribution is 2.56. The lowest BCUT2D eigenvalue weighted by atomic mass is 9.73. The van der Waals surface area contributed by atoms with Crippen LogP contribution < -0.4 is 10.6 Å². The van der Waals surface area contributed by atoms with Gasteiger partial charge >= 0.3 is 0 Å². The van der Waals surface area contributed by atoms with Gasteiger partial charge in [0.25, 0.3) is 0 Å². The molecule has 1 saturated carbocycles. The molecular weight excluding hydrogens is 478 g/mol. The number of likely N-dealkylation sites (tertiary alicyclic amines) is 1. The van der Waals surface area contributed by atoms with Crippen LogP contribution >= 0.6 is 11.6 Å². The predicted molar refractivity (Wildman–Crippen MR) is 138 cm³/mol. The first kappa shape index (κ1) is 25.3. The molecule has 1 spiro atoms. The van der Waals surface area contributed by atoms with Crippen LogP contribution in [0.3, 0.4) is 0 Å². The zero-order chi connectivity index (χ0) is 25.8. The van der Waals surface area contributed by atoms with Gasteiger partial charge in [0, 0.05) is 22.8 Å². The molecule has 1 aromatic carbocycles. The lowest BCUT2D eigenvalue weighted by molar-refractivity contribution is -0.144. The van der Waals surface area contributed by atoms with Crippen molar-refractivity contribution in [2.45, 2.75) is 83.2 Å². The Morgan fingerprint density at radius 3 is 2.61 bits per heavy atom. The largest absolute Gasteiger partial charge is 0.359 e. The Bertz CT molecular complexity index is 1080. The fourth-order valence-corrected chi connectivity index (χ4v) is 6.81. The minimum absolute atomic E-state index is 0.0668. The molecule has 3 fully saturated rings. The number of carbonyl (C=O) groups excluding carboxylic acids is 3. The molecule has 2 saturated heterocycles. The van der Waals surface area contributed by atoms with E-state index in [1.807, 2.05) is 26.0 Å². The molecule has 0 aromatic heterocycles. The number of rotatable bonds is 6. The Balaban J connectivity index is 1.44. The molecule has 194 valence electrons. The van der Waals surface area contributed by atoms with Crippen molar-refractivity contribution >= 4 is 35.0 Å². The van der Waals surface area contributed by atoms with Crippen LogP contribution in [-0.4, -0.2) is 52.5 Å². The van der Waals surface area contributed by atoms with Crippen LogP contribution in [-0.2, 0) is 19.1 Å². The molecule has 1 aliphatic carbocycles. The number of ether oxygens (including phenoxy) is 1. The fraction of sp³-hybridized carbons (Fsp3) is 0.607. The smallest absolute Gasteiger partial charge is 0.246 e. The second-order valence-corrected chi connectivity index (χ2v) is 11.5. The van der Waals surface area contributed by atoms with Crippen LogP contribution in [0.5, 0.6) is 0 Å². The van der Waals surface area contributed by atoms with E-state index in [1.54, 1.807) is 29.2 Å². The molecule has 9 atom stereocenters. The lowest BCUT2D eigenvalue weighted by Crippen LogP contribution is -2.59.